The number of anilines is 1. The molecule has 4 aromatic rings. The highest BCUT2D eigenvalue weighted by atomic mass is 79.9. The molecule has 0 radical (unpaired) electrons. The number of para-hydroxylation sites is 1. The molecule has 0 bridgehead atoms. The first-order valence-electron chi connectivity index (χ1n) is 7.79. The molecule has 0 atom stereocenters. The van der Waals surface area contributed by atoms with Gasteiger partial charge in [0.25, 0.3) is 10.0 Å². The fourth-order valence-electron chi connectivity index (χ4n) is 3.11. The summed E-state index contributed by atoms with van der Waals surface area (Å²) in [4.78, 5) is 0. The van der Waals surface area contributed by atoms with Crippen LogP contribution in [0.25, 0.3) is 21.8 Å². The van der Waals surface area contributed by atoms with Crippen molar-refractivity contribution in [3.8, 4) is 0 Å². The summed E-state index contributed by atoms with van der Waals surface area (Å²) < 4.78 is 31.1. The zero-order valence-electron chi connectivity index (χ0n) is 13.4. The lowest BCUT2D eigenvalue weighted by Crippen LogP contribution is -2.11. The molecule has 4 rings (SSSR count). The molecule has 7 heteroatoms. The van der Waals surface area contributed by atoms with Crippen LogP contribution in [0.15, 0.2) is 62.6 Å². The smallest absolute Gasteiger partial charge is 0.271 e. The lowest BCUT2D eigenvalue weighted by atomic mass is 10.1. The van der Waals surface area contributed by atoms with Crippen molar-refractivity contribution in [1.29, 1.82) is 0 Å². The molecule has 2 aromatic carbocycles. The van der Waals surface area contributed by atoms with Crippen molar-refractivity contribution in [3.05, 3.63) is 58.4 Å². The van der Waals surface area contributed by atoms with E-state index in [-0.39, 0.29) is 4.21 Å². The Morgan fingerprint density at radius 2 is 1.80 bits per heavy atom. The summed E-state index contributed by atoms with van der Waals surface area (Å²) in [7, 11) is -3.58. The zero-order valence-corrected chi connectivity index (χ0v) is 16.6. The van der Waals surface area contributed by atoms with E-state index in [1.165, 1.54) is 11.3 Å². The number of benzene rings is 2. The maximum atomic E-state index is 12.5. The topological polar surface area (TPSA) is 51.1 Å². The number of thiophene rings is 1. The van der Waals surface area contributed by atoms with Crippen molar-refractivity contribution in [2.75, 3.05) is 4.72 Å². The monoisotopic (exact) mass is 434 g/mol. The molecule has 0 amide bonds. The summed E-state index contributed by atoms with van der Waals surface area (Å²) in [6.07, 6.45) is 0. The number of hydrogen-bond acceptors (Lipinski definition) is 3. The second-order valence-corrected chi connectivity index (χ2v) is 10.0. The minimum atomic E-state index is -3.58. The van der Waals surface area contributed by atoms with Crippen molar-refractivity contribution in [3.63, 3.8) is 0 Å². The minimum Gasteiger partial charge on any atom is -0.341 e. The van der Waals surface area contributed by atoms with Crippen LogP contribution in [0.4, 0.5) is 5.69 Å². The van der Waals surface area contributed by atoms with Gasteiger partial charge in [-0.25, -0.2) is 8.42 Å². The molecule has 0 fully saturated rings. The third-order valence-electron chi connectivity index (χ3n) is 4.15. The number of rotatable bonds is 4. The van der Waals surface area contributed by atoms with Crippen LogP contribution < -0.4 is 4.72 Å². The maximum absolute atomic E-state index is 12.5. The first-order chi connectivity index (χ1) is 12.0. The van der Waals surface area contributed by atoms with Crippen molar-refractivity contribution in [1.82, 2.24) is 4.57 Å². The molecule has 128 valence electrons. The standard InChI is InChI=1S/C18H15BrN2O2S2/c1-2-21-15-6-4-3-5-13(15)14-11-12(7-8-16(14)21)20-25(22,23)18-10-9-17(19)24-18/h3-11,20H,2H2,1H3. The van der Waals surface area contributed by atoms with Crippen LogP contribution in [-0.2, 0) is 16.6 Å². The lowest BCUT2D eigenvalue weighted by molar-refractivity contribution is 0.603. The number of fused-ring (bicyclic) bond motifs is 3. The third kappa shape index (κ3) is 2.86. The molecule has 0 unspecified atom stereocenters. The number of nitrogens with zero attached hydrogens (tertiary/aromatic N) is 1. The van der Waals surface area contributed by atoms with Crippen LogP contribution in [0, 0.1) is 0 Å². The van der Waals surface area contributed by atoms with E-state index in [1.54, 1.807) is 12.1 Å². The summed E-state index contributed by atoms with van der Waals surface area (Å²) in [6.45, 7) is 2.97. The molecule has 4 nitrogen and oxygen atoms in total. The molecule has 0 saturated carbocycles. The van der Waals surface area contributed by atoms with Crippen LogP contribution in [0.2, 0.25) is 0 Å². The number of aromatic nitrogens is 1. The van der Waals surface area contributed by atoms with Gasteiger partial charge in [0, 0.05) is 34.0 Å². The Morgan fingerprint density at radius 1 is 1.04 bits per heavy atom. The van der Waals surface area contributed by atoms with E-state index in [4.69, 9.17) is 0 Å². The second kappa shape index (κ2) is 6.16. The van der Waals surface area contributed by atoms with Gasteiger partial charge in [-0.3, -0.25) is 4.72 Å². The summed E-state index contributed by atoms with van der Waals surface area (Å²) >= 11 is 4.49. The fourth-order valence-corrected chi connectivity index (χ4v) is 6.16. The third-order valence-corrected chi connectivity index (χ3v) is 7.65. The highest BCUT2D eigenvalue weighted by molar-refractivity contribution is 9.11. The number of halogens is 1. The van der Waals surface area contributed by atoms with E-state index in [0.29, 0.717) is 5.69 Å². The van der Waals surface area contributed by atoms with Crippen LogP contribution in [0.1, 0.15) is 6.92 Å². The molecular formula is C18H15BrN2O2S2. The highest BCUT2D eigenvalue weighted by Gasteiger charge is 2.17. The van der Waals surface area contributed by atoms with Gasteiger partial charge < -0.3 is 4.57 Å². The largest absolute Gasteiger partial charge is 0.341 e. The summed E-state index contributed by atoms with van der Waals surface area (Å²) in [5.41, 5.74) is 2.82. The number of hydrogen-bond donors (Lipinski definition) is 1. The highest BCUT2D eigenvalue weighted by Crippen LogP contribution is 2.32. The van der Waals surface area contributed by atoms with Crippen molar-refractivity contribution in [2.45, 2.75) is 17.7 Å². The van der Waals surface area contributed by atoms with E-state index in [2.05, 4.69) is 44.3 Å². The normalized spacial score (nSPS) is 12.1. The van der Waals surface area contributed by atoms with Gasteiger partial charge in [-0.1, -0.05) is 18.2 Å². The Hall–Kier alpha value is -1.83. The lowest BCUT2D eigenvalue weighted by Gasteiger charge is -2.07. The average Bonchev–Trinajstić information content (AvgIpc) is 3.16. The van der Waals surface area contributed by atoms with Gasteiger partial charge >= 0.3 is 0 Å². The minimum absolute atomic E-state index is 0.287. The van der Waals surface area contributed by atoms with Gasteiger partial charge in [0.2, 0.25) is 0 Å². The van der Waals surface area contributed by atoms with Crippen molar-refractivity contribution in [2.24, 2.45) is 0 Å². The maximum Gasteiger partial charge on any atom is 0.271 e. The van der Waals surface area contributed by atoms with Crippen molar-refractivity contribution < 1.29 is 8.42 Å². The van der Waals surface area contributed by atoms with Gasteiger partial charge in [-0.2, -0.15) is 0 Å². The number of aryl methyl sites for hydroxylation is 1. The van der Waals surface area contributed by atoms with Gasteiger partial charge in [0.1, 0.15) is 4.21 Å². The summed E-state index contributed by atoms with van der Waals surface area (Å²) in [6, 6.07) is 17.2. The SMILES string of the molecule is CCn1c2ccccc2c2cc(NS(=O)(=O)c3ccc(Br)s3)ccc21. The quantitative estimate of drug-likeness (QED) is 0.464. The van der Waals surface area contributed by atoms with E-state index < -0.39 is 10.0 Å². The fraction of sp³-hybridized carbons (Fsp3) is 0.111. The molecule has 1 N–H and O–H groups in total. The van der Waals surface area contributed by atoms with Crippen LogP contribution in [0.3, 0.4) is 0 Å². The van der Waals surface area contributed by atoms with Gasteiger partial charge in [-0.15, -0.1) is 11.3 Å². The number of sulfonamides is 1. The molecule has 2 heterocycles. The predicted octanol–water partition coefficient (Wildman–Crippen LogP) is 5.44. The first-order valence-corrected chi connectivity index (χ1v) is 10.9. The molecule has 0 aliphatic heterocycles. The van der Waals surface area contributed by atoms with Crippen LogP contribution in [-0.4, -0.2) is 13.0 Å². The van der Waals surface area contributed by atoms with Gasteiger partial charge in [-0.05, 0) is 59.3 Å². The molecular weight excluding hydrogens is 420 g/mol. The first kappa shape index (κ1) is 16.6. The molecule has 0 aliphatic carbocycles. The Labute approximate surface area is 158 Å². The van der Waals surface area contributed by atoms with Gasteiger partial charge in [0.05, 0.1) is 3.79 Å². The second-order valence-electron chi connectivity index (χ2n) is 5.66. The Balaban J connectivity index is 1.83. The van der Waals surface area contributed by atoms with E-state index in [1.807, 2.05) is 30.3 Å². The molecule has 25 heavy (non-hydrogen) atoms. The average molecular weight is 435 g/mol. The molecule has 2 aromatic heterocycles. The van der Waals surface area contributed by atoms with E-state index in [9.17, 15) is 8.42 Å². The van der Waals surface area contributed by atoms with Gasteiger partial charge in [0.15, 0.2) is 0 Å². The Bertz CT molecular complexity index is 1190. The Kier molecular flexibility index (Phi) is 4.10. The predicted molar refractivity (Wildman–Crippen MR) is 108 cm³/mol. The summed E-state index contributed by atoms with van der Waals surface area (Å²) in [5.74, 6) is 0. The number of nitrogens with one attached hydrogen (secondary N) is 1. The molecule has 0 saturated heterocycles. The van der Waals surface area contributed by atoms with Crippen LogP contribution in [0.5, 0.6) is 0 Å². The van der Waals surface area contributed by atoms with E-state index in [0.717, 1.165) is 32.1 Å². The molecule has 0 aliphatic rings. The molecule has 0 spiro atoms. The summed E-state index contributed by atoms with van der Waals surface area (Å²) in [5, 5.41) is 2.17. The zero-order chi connectivity index (χ0) is 17.6. The Morgan fingerprint density at radius 3 is 2.52 bits per heavy atom. The van der Waals surface area contributed by atoms with E-state index >= 15 is 0 Å². The van der Waals surface area contributed by atoms with Crippen molar-refractivity contribution >= 4 is 64.8 Å². The van der Waals surface area contributed by atoms with Crippen LogP contribution >= 0.6 is 27.3 Å².